The number of nitrogens with two attached hydrogens (primary N) is 1. The van der Waals surface area contributed by atoms with E-state index in [2.05, 4.69) is 0 Å². The van der Waals surface area contributed by atoms with Gasteiger partial charge in [-0.25, -0.2) is 4.79 Å². The van der Waals surface area contributed by atoms with Gasteiger partial charge in [0.1, 0.15) is 29.5 Å². The average Bonchev–Trinajstić information content (AvgIpc) is 2.74. The van der Waals surface area contributed by atoms with E-state index in [0.29, 0.717) is 41.5 Å². The zero-order valence-electron chi connectivity index (χ0n) is 17.5. The molecule has 0 saturated heterocycles. The summed E-state index contributed by atoms with van der Waals surface area (Å²) in [6, 6.07) is 13.3. The molecule has 0 bridgehead atoms. The van der Waals surface area contributed by atoms with E-state index in [1.54, 1.807) is 55.5 Å². The highest BCUT2D eigenvalue weighted by Gasteiger charge is 2.19. The fourth-order valence-electron chi connectivity index (χ4n) is 2.54. The monoisotopic (exact) mass is 428 g/mol. The van der Waals surface area contributed by atoms with Gasteiger partial charge in [-0.15, -0.1) is 0 Å². The summed E-state index contributed by atoms with van der Waals surface area (Å²) in [6.45, 7) is 1.52. The number of carbonyl (C=O) groups is 2. The minimum atomic E-state index is -1.15. The van der Waals surface area contributed by atoms with Crippen molar-refractivity contribution in [3.63, 3.8) is 0 Å². The van der Waals surface area contributed by atoms with Crippen LogP contribution in [0.1, 0.15) is 18.9 Å². The number of methoxy groups -OCH3 is 1. The lowest BCUT2D eigenvalue weighted by molar-refractivity contribution is -0.138. The molecule has 0 atom stereocenters. The predicted octanol–water partition coefficient (Wildman–Crippen LogP) is 1.79. The first-order valence-electron chi connectivity index (χ1n) is 9.49. The molecule has 0 aromatic heterocycles. The van der Waals surface area contributed by atoms with E-state index in [1.807, 2.05) is 0 Å². The van der Waals surface area contributed by atoms with E-state index in [-0.39, 0.29) is 12.3 Å². The first-order valence-corrected chi connectivity index (χ1v) is 9.49. The number of rotatable bonds is 11. The number of benzene rings is 2. The molecule has 4 N–H and O–H groups in total. The molecule has 0 aliphatic rings. The number of hydrogen-bond acceptors (Lipinski definition) is 6. The van der Waals surface area contributed by atoms with Gasteiger partial charge in [0.05, 0.1) is 13.7 Å². The maximum absolute atomic E-state index is 12.5. The molecule has 164 valence electrons. The number of nitrogens with zero attached hydrogens (tertiary/aromatic N) is 1. The second kappa shape index (κ2) is 11.3. The minimum absolute atomic E-state index is 0.0491. The van der Waals surface area contributed by atoms with Gasteiger partial charge in [0, 0.05) is 19.9 Å². The van der Waals surface area contributed by atoms with Crippen LogP contribution in [-0.2, 0) is 11.3 Å². The second-order valence-electron chi connectivity index (χ2n) is 6.70. The first-order chi connectivity index (χ1) is 14.8. The van der Waals surface area contributed by atoms with Crippen molar-refractivity contribution in [3.8, 4) is 17.2 Å². The zero-order chi connectivity index (χ0) is 22.8. The number of carboxylic acids is 1. The van der Waals surface area contributed by atoms with E-state index >= 15 is 0 Å². The van der Waals surface area contributed by atoms with E-state index in [1.165, 1.54) is 7.11 Å². The highest BCUT2D eigenvalue weighted by molar-refractivity contribution is 6.37. The number of ether oxygens (including phenoxy) is 3. The molecule has 9 heteroatoms. The van der Waals surface area contributed by atoms with Gasteiger partial charge in [-0.2, -0.15) is 0 Å². The SMILES string of the molecule is COc1ccc(OC(=O)N(CC(=O)O)Cc2ccc(OCCC(=N)C(C)=[NH2+])cc2)cc1. The van der Waals surface area contributed by atoms with Crippen molar-refractivity contribution in [3.05, 3.63) is 54.1 Å². The fourth-order valence-corrected chi connectivity index (χ4v) is 2.54. The molecule has 0 aliphatic heterocycles. The molecule has 0 unspecified atom stereocenters. The van der Waals surface area contributed by atoms with Crippen molar-refractivity contribution >= 4 is 23.5 Å². The van der Waals surface area contributed by atoms with Gasteiger partial charge in [0.15, 0.2) is 5.71 Å². The van der Waals surface area contributed by atoms with Gasteiger partial charge in [-0.3, -0.25) is 20.5 Å². The molecule has 0 heterocycles. The van der Waals surface area contributed by atoms with E-state index in [4.69, 9.17) is 30.1 Å². The smallest absolute Gasteiger partial charge is 0.416 e. The van der Waals surface area contributed by atoms with Gasteiger partial charge >= 0.3 is 12.1 Å². The number of amides is 1. The van der Waals surface area contributed by atoms with Crippen molar-refractivity contribution in [2.45, 2.75) is 19.9 Å². The Hall–Kier alpha value is -3.88. The summed E-state index contributed by atoms with van der Waals surface area (Å²) < 4.78 is 15.9. The van der Waals surface area contributed by atoms with Crippen LogP contribution in [0, 0.1) is 5.41 Å². The largest absolute Gasteiger partial charge is 0.497 e. The van der Waals surface area contributed by atoms with E-state index < -0.39 is 18.6 Å². The number of hydrogen-bond donors (Lipinski definition) is 3. The molecule has 2 rings (SSSR count). The highest BCUT2D eigenvalue weighted by Crippen LogP contribution is 2.19. The third-order valence-electron chi connectivity index (χ3n) is 4.24. The summed E-state index contributed by atoms with van der Waals surface area (Å²) in [5.74, 6) is 0.330. The van der Waals surface area contributed by atoms with Crippen LogP contribution in [0.15, 0.2) is 48.5 Å². The van der Waals surface area contributed by atoms with Crippen LogP contribution in [0.2, 0.25) is 0 Å². The summed E-state index contributed by atoms with van der Waals surface area (Å²) in [5, 5.41) is 22.4. The molecule has 0 spiro atoms. The van der Waals surface area contributed by atoms with Gasteiger partial charge in [0.2, 0.25) is 0 Å². The molecule has 0 aliphatic carbocycles. The van der Waals surface area contributed by atoms with Crippen LogP contribution < -0.4 is 19.6 Å². The van der Waals surface area contributed by atoms with Crippen molar-refractivity contribution in [2.24, 2.45) is 0 Å². The van der Waals surface area contributed by atoms with Gasteiger partial charge in [0.25, 0.3) is 0 Å². The fraction of sp³-hybridized carbons (Fsp3) is 0.273. The van der Waals surface area contributed by atoms with Crippen molar-refractivity contribution < 1.29 is 34.3 Å². The molecule has 31 heavy (non-hydrogen) atoms. The third-order valence-corrected chi connectivity index (χ3v) is 4.24. The average molecular weight is 428 g/mol. The van der Waals surface area contributed by atoms with Crippen LogP contribution >= 0.6 is 0 Å². The van der Waals surface area contributed by atoms with Crippen LogP contribution in [0.5, 0.6) is 17.2 Å². The molecule has 1 amide bonds. The number of carbonyl (C=O) groups excluding carboxylic acids is 1. The number of carboxylic acid groups (broad SMARTS) is 1. The predicted molar refractivity (Wildman–Crippen MR) is 114 cm³/mol. The third kappa shape index (κ3) is 7.81. The van der Waals surface area contributed by atoms with Gasteiger partial charge < -0.3 is 19.3 Å². The van der Waals surface area contributed by atoms with Crippen molar-refractivity contribution in [1.29, 1.82) is 5.41 Å². The van der Waals surface area contributed by atoms with E-state index in [0.717, 1.165) is 4.90 Å². The Morgan fingerprint density at radius 2 is 1.61 bits per heavy atom. The molecular weight excluding hydrogens is 402 g/mol. The lowest BCUT2D eigenvalue weighted by atomic mass is 10.2. The molecule has 0 saturated carbocycles. The van der Waals surface area contributed by atoms with Crippen LogP contribution in [0.4, 0.5) is 4.79 Å². The highest BCUT2D eigenvalue weighted by atomic mass is 16.6. The summed E-state index contributed by atoms with van der Waals surface area (Å²) in [7, 11) is 1.52. The minimum Gasteiger partial charge on any atom is -0.497 e. The summed E-state index contributed by atoms with van der Waals surface area (Å²) in [5.41, 5.74) is 1.49. The molecule has 2 aromatic rings. The zero-order valence-corrected chi connectivity index (χ0v) is 17.5. The van der Waals surface area contributed by atoms with E-state index in [9.17, 15) is 9.59 Å². The van der Waals surface area contributed by atoms with Gasteiger partial charge in [-0.1, -0.05) is 12.1 Å². The normalized spacial score (nSPS) is 10.1. The van der Waals surface area contributed by atoms with Crippen molar-refractivity contribution in [2.75, 3.05) is 20.3 Å². The Balaban J connectivity index is 1.97. The summed E-state index contributed by atoms with van der Waals surface area (Å²) >= 11 is 0. The van der Waals surface area contributed by atoms with Crippen molar-refractivity contribution in [1.82, 2.24) is 4.90 Å². The summed E-state index contributed by atoms with van der Waals surface area (Å²) in [4.78, 5) is 24.8. The Bertz CT molecular complexity index is 925. The first kappa shape index (κ1) is 23.4. The lowest BCUT2D eigenvalue weighted by Crippen LogP contribution is -2.42. The maximum atomic E-state index is 12.5. The standard InChI is InChI=1S/C22H25N3O6/c1-15(23)20(24)11-12-30-18-5-3-16(4-6-18)13-25(14-21(26)27)22(28)31-19-9-7-17(29-2)8-10-19/h3-10,23-24H,11-14H2,1-2H3,(H,26,27)/p+1. The number of nitrogens with one attached hydrogen (secondary N) is 1. The maximum Gasteiger partial charge on any atom is 0.416 e. The van der Waals surface area contributed by atoms with Crippen LogP contribution in [0.25, 0.3) is 0 Å². The second-order valence-corrected chi connectivity index (χ2v) is 6.70. The Labute approximate surface area is 180 Å². The molecule has 0 radical (unpaired) electrons. The molecule has 2 aromatic carbocycles. The van der Waals surface area contributed by atoms with Crippen LogP contribution in [0.3, 0.4) is 0 Å². The van der Waals surface area contributed by atoms with Gasteiger partial charge in [-0.05, 0) is 42.0 Å². The number of aliphatic carboxylic acids is 1. The Morgan fingerprint density at radius 3 is 2.16 bits per heavy atom. The van der Waals surface area contributed by atoms with Crippen LogP contribution in [-0.4, -0.2) is 53.8 Å². The Kier molecular flexibility index (Phi) is 8.56. The lowest BCUT2D eigenvalue weighted by Gasteiger charge is -2.20. The Morgan fingerprint density at radius 1 is 1.03 bits per heavy atom. The topological polar surface area (TPSA) is 135 Å². The molecule has 9 nitrogen and oxygen atoms in total. The molecular formula is C22H26N3O6+. The molecule has 0 fully saturated rings. The summed E-state index contributed by atoms with van der Waals surface area (Å²) in [6.07, 6.45) is -0.381. The quantitative estimate of drug-likeness (QED) is 0.467.